The smallest absolute Gasteiger partial charge is 0.273 e. The predicted molar refractivity (Wildman–Crippen MR) is 88.1 cm³/mol. The Hall–Kier alpha value is -2.18. The molecule has 2 atom stereocenters. The van der Waals surface area contributed by atoms with E-state index in [0.29, 0.717) is 24.0 Å². The number of nitrogens with one attached hydrogen (secondary N) is 1. The summed E-state index contributed by atoms with van der Waals surface area (Å²) in [4.78, 5) is 35.4. The first-order chi connectivity index (χ1) is 10.9. The van der Waals surface area contributed by atoms with E-state index < -0.39 is 0 Å². The lowest BCUT2D eigenvalue weighted by atomic mass is 9.98. The van der Waals surface area contributed by atoms with Crippen LogP contribution in [0.25, 0.3) is 0 Å². The van der Waals surface area contributed by atoms with Crippen LogP contribution in [0.1, 0.15) is 37.2 Å². The third kappa shape index (κ3) is 4.18. The highest BCUT2D eigenvalue weighted by atomic mass is 16.2. The number of carbonyl (C=O) groups is 2. The highest BCUT2D eigenvalue weighted by molar-refractivity contribution is 5.91. The van der Waals surface area contributed by atoms with E-state index in [4.69, 9.17) is 0 Å². The van der Waals surface area contributed by atoms with Crippen molar-refractivity contribution in [1.29, 1.82) is 0 Å². The standard InChI is InChI=1S/C16H25N5O2/c1-5-6-12-9-21(11(2)22)10-14(12)19-15-8-17-7-13(18-15)16(23)20(3)4/h7-8,12,14H,5-6,9-10H2,1-4H3,(H,18,19)/t12-,14-/m0/s1. The van der Waals surface area contributed by atoms with Gasteiger partial charge >= 0.3 is 0 Å². The van der Waals surface area contributed by atoms with Crippen molar-refractivity contribution in [2.45, 2.75) is 32.7 Å². The number of amides is 2. The van der Waals surface area contributed by atoms with Crippen LogP contribution >= 0.6 is 0 Å². The summed E-state index contributed by atoms with van der Waals surface area (Å²) in [5.74, 6) is 0.883. The zero-order valence-corrected chi connectivity index (χ0v) is 14.2. The zero-order chi connectivity index (χ0) is 17.0. The van der Waals surface area contributed by atoms with Crippen molar-refractivity contribution < 1.29 is 9.59 Å². The van der Waals surface area contributed by atoms with E-state index in [0.717, 1.165) is 19.4 Å². The lowest BCUT2D eigenvalue weighted by molar-refractivity contribution is -0.127. The molecule has 23 heavy (non-hydrogen) atoms. The van der Waals surface area contributed by atoms with E-state index in [1.807, 2.05) is 4.90 Å². The molecule has 1 aliphatic rings. The van der Waals surface area contributed by atoms with Crippen LogP contribution in [0.4, 0.5) is 5.82 Å². The molecule has 7 nitrogen and oxygen atoms in total. The van der Waals surface area contributed by atoms with Crippen LogP contribution in [0.3, 0.4) is 0 Å². The molecule has 0 aliphatic carbocycles. The first kappa shape index (κ1) is 17.2. The van der Waals surface area contributed by atoms with E-state index in [-0.39, 0.29) is 17.9 Å². The third-order valence-electron chi connectivity index (χ3n) is 4.14. The molecule has 0 bridgehead atoms. The lowest BCUT2D eigenvalue weighted by Gasteiger charge is -2.19. The Kier molecular flexibility index (Phi) is 5.52. The molecule has 1 aromatic heterocycles. The third-order valence-corrected chi connectivity index (χ3v) is 4.14. The van der Waals surface area contributed by atoms with Crippen LogP contribution in [0.15, 0.2) is 12.4 Å². The van der Waals surface area contributed by atoms with E-state index >= 15 is 0 Å². The predicted octanol–water partition coefficient (Wildman–Crippen LogP) is 1.24. The molecule has 1 saturated heterocycles. The number of likely N-dealkylation sites (tertiary alicyclic amines) is 1. The minimum atomic E-state index is -0.178. The Bertz CT molecular complexity index is 575. The second kappa shape index (κ2) is 7.39. The largest absolute Gasteiger partial charge is 0.364 e. The maximum atomic E-state index is 12.0. The van der Waals surface area contributed by atoms with Crippen molar-refractivity contribution in [3.63, 3.8) is 0 Å². The van der Waals surface area contributed by atoms with Gasteiger partial charge in [0.2, 0.25) is 5.91 Å². The summed E-state index contributed by atoms with van der Waals surface area (Å²) < 4.78 is 0. The van der Waals surface area contributed by atoms with Gasteiger partial charge in [-0.3, -0.25) is 14.6 Å². The number of nitrogens with zero attached hydrogens (tertiary/aromatic N) is 4. The Morgan fingerprint density at radius 3 is 2.70 bits per heavy atom. The summed E-state index contributed by atoms with van der Waals surface area (Å²) in [6.07, 6.45) is 5.20. The fraction of sp³-hybridized carbons (Fsp3) is 0.625. The van der Waals surface area contributed by atoms with Crippen molar-refractivity contribution in [2.75, 3.05) is 32.5 Å². The molecule has 2 rings (SSSR count). The van der Waals surface area contributed by atoms with Gasteiger partial charge < -0.3 is 15.1 Å². The number of rotatable bonds is 5. The first-order valence-electron chi connectivity index (χ1n) is 7.98. The van der Waals surface area contributed by atoms with Crippen LogP contribution < -0.4 is 5.32 Å². The van der Waals surface area contributed by atoms with Crippen LogP contribution in [0, 0.1) is 5.92 Å². The van der Waals surface area contributed by atoms with E-state index in [2.05, 4.69) is 22.2 Å². The monoisotopic (exact) mass is 319 g/mol. The molecule has 0 aromatic carbocycles. The highest BCUT2D eigenvalue weighted by Crippen LogP contribution is 2.24. The van der Waals surface area contributed by atoms with Crippen LogP contribution in [-0.2, 0) is 4.79 Å². The van der Waals surface area contributed by atoms with Gasteiger partial charge in [-0.15, -0.1) is 0 Å². The number of hydrogen-bond donors (Lipinski definition) is 1. The first-order valence-corrected chi connectivity index (χ1v) is 7.98. The van der Waals surface area contributed by atoms with Crippen LogP contribution in [0.2, 0.25) is 0 Å². The van der Waals surface area contributed by atoms with Gasteiger partial charge in [0.15, 0.2) is 0 Å². The highest BCUT2D eigenvalue weighted by Gasteiger charge is 2.33. The van der Waals surface area contributed by atoms with E-state index in [1.54, 1.807) is 27.2 Å². The number of hydrogen-bond acceptors (Lipinski definition) is 5. The van der Waals surface area contributed by atoms with Gasteiger partial charge in [-0.05, 0) is 12.3 Å². The fourth-order valence-corrected chi connectivity index (χ4v) is 2.91. The minimum Gasteiger partial charge on any atom is -0.364 e. The maximum absolute atomic E-state index is 12.0. The van der Waals surface area contributed by atoms with Gasteiger partial charge in [0, 0.05) is 40.2 Å². The molecular formula is C16H25N5O2. The molecule has 7 heteroatoms. The zero-order valence-electron chi connectivity index (χ0n) is 14.2. The normalized spacial score (nSPS) is 20.4. The van der Waals surface area contributed by atoms with E-state index in [9.17, 15) is 9.59 Å². The van der Waals surface area contributed by atoms with E-state index in [1.165, 1.54) is 11.1 Å². The summed E-state index contributed by atoms with van der Waals surface area (Å²) in [7, 11) is 3.37. The minimum absolute atomic E-state index is 0.0954. The average Bonchev–Trinajstić information content (AvgIpc) is 2.90. The molecule has 2 amide bonds. The number of anilines is 1. The van der Waals surface area contributed by atoms with Gasteiger partial charge in [0.25, 0.3) is 5.91 Å². The van der Waals surface area contributed by atoms with Crippen molar-refractivity contribution >= 4 is 17.6 Å². The Balaban J connectivity index is 2.12. The lowest BCUT2D eigenvalue weighted by Crippen LogP contribution is -2.31. The van der Waals surface area contributed by atoms with Gasteiger partial charge in [-0.1, -0.05) is 13.3 Å². The summed E-state index contributed by atoms with van der Waals surface area (Å²) in [6.45, 7) is 5.17. The van der Waals surface area contributed by atoms with Crippen molar-refractivity contribution in [1.82, 2.24) is 19.8 Å². The molecule has 1 aromatic rings. The average molecular weight is 319 g/mol. The van der Waals surface area contributed by atoms with Gasteiger partial charge in [0.05, 0.1) is 12.4 Å². The molecule has 0 radical (unpaired) electrons. The molecule has 0 saturated carbocycles. The molecule has 0 spiro atoms. The van der Waals surface area contributed by atoms with Gasteiger partial charge in [0.1, 0.15) is 11.5 Å². The maximum Gasteiger partial charge on any atom is 0.273 e. The SMILES string of the molecule is CCC[C@H]1CN(C(C)=O)C[C@@H]1Nc1cncc(C(=O)N(C)C)n1. The molecule has 126 valence electrons. The second-order valence-electron chi connectivity index (χ2n) is 6.21. The molecule has 2 heterocycles. The topological polar surface area (TPSA) is 78.4 Å². The second-order valence-corrected chi connectivity index (χ2v) is 6.21. The number of carbonyl (C=O) groups excluding carboxylic acids is 2. The Labute approximate surface area is 137 Å². The fourth-order valence-electron chi connectivity index (χ4n) is 2.91. The van der Waals surface area contributed by atoms with Crippen LogP contribution in [0.5, 0.6) is 0 Å². The Morgan fingerprint density at radius 1 is 1.35 bits per heavy atom. The summed E-state index contributed by atoms with van der Waals surface area (Å²) in [5, 5.41) is 3.36. The van der Waals surface area contributed by atoms with Gasteiger partial charge in [-0.25, -0.2) is 4.98 Å². The van der Waals surface area contributed by atoms with Crippen molar-refractivity contribution in [3.8, 4) is 0 Å². The summed E-state index contributed by atoms with van der Waals surface area (Å²) in [6, 6.07) is 0.137. The van der Waals surface area contributed by atoms with Crippen LogP contribution in [-0.4, -0.2) is 64.8 Å². The quantitative estimate of drug-likeness (QED) is 0.883. The summed E-state index contributed by atoms with van der Waals surface area (Å²) >= 11 is 0. The molecule has 0 unspecified atom stereocenters. The summed E-state index contributed by atoms with van der Waals surface area (Å²) in [5.41, 5.74) is 0.313. The van der Waals surface area contributed by atoms with Crippen molar-refractivity contribution in [2.24, 2.45) is 5.92 Å². The molecular weight excluding hydrogens is 294 g/mol. The molecule has 1 aliphatic heterocycles. The Morgan fingerprint density at radius 2 is 2.09 bits per heavy atom. The molecule has 1 N–H and O–H groups in total. The number of aromatic nitrogens is 2. The molecule has 1 fully saturated rings. The van der Waals surface area contributed by atoms with Crippen molar-refractivity contribution in [3.05, 3.63) is 18.1 Å². The van der Waals surface area contributed by atoms with Gasteiger partial charge in [-0.2, -0.15) is 0 Å².